The number of hydrogen-bond acceptors (Lipinski definition) is 3. The predicted molar refractivity (Wildman–Crippen MR) is 92.1 cm³/mol. The van der Waals surface area contributed by atoms with Gasteiger partial charge in [0.15, 0.2) is 11.5 Å². The molecule has 120 valence electrons. The zero-order chi connectivity index (χ0) is 16.4. The first kappa shape index (κ1) is 15.9. The van der Waals surface area contributed by atoms with Crippen molar-refractivity contribution in [2.75, 3.05) is 13.3 Å². The van der Waals surface area contributed by atoms with Gasteiger partial charge >= 0.3 is 0 Å². The van der Waals surface area contributed by atoms with Gasteiger partial charge in [-0.3, -0.25) is 4.79 Å². The largest absolute Gasteiger partial charge is 0.454 e. The molecule has 0 unspecified atom stereocenters. The van der Waals surface area contributed by atoms with E-state index in [1.807, 2.05) is 36.4 Å². The lowest BCUT2D eigenvalue weighted by Crippen LogP contribution is -2.36. The van der Waals surface area contributed by atoms with E-state index >= 15 is 0 Å². The van der Waals surface area contributed by atoms with Crippen molar-refractivity contribution in [1.82, 2.24) is 5.32 Å². The maximum Gasteiger partial charge on any atom is 0.251 e. The van der Waals surface area contributed by atoms with E-state index in [1.165, 1.54) is 0 Å². The molecule has 4 nitrogen and oxygen atoms in total. The molecule has 0 saturated heterocycles. The normalized spacial score (nSPS) is 13.0. The molecule has 2 aromatic carbocycles. The molecule has 0 aromatic heterocycles. The maximum atomic E-state index is 12.3. The van der Waals surface area contributed by atoms with E-state index in [-0.39, 0.29) is 18.1 Å². The summed E-state index contributed by atoms with van der Waals surface area (Å²) < 4.78 is 11.7. The van der Waals surface area contributed by atoms with E-state index in [9.17, 15) is 4.79 Å². The molecule has 0 aliphatic carbocycles. The van der Waals surface area contributed by atoms with Gasteiger partial charge in [-0.25, -0.2) is 0 Å². The Morgan fingerprint density at radius 3 is 2.74 bits per heavy atom. The van der Waals surface area contributed by atoms with E-state index in [2.05, 4.69) is 35.1 Å². The highest BCUT2D eigenvalue weighted by atomic mass is 79.9. The second-order valence-corrected chi connectivity index (χ2v) is 7.06. The van der Waals surface area contributed by atoms with Crippen molar-refractivity contribution in [1.29, 1.82) is 0 Å². The molecular formula is C18H18BrNO3. The second-order valence-electron chi connectivity index (χ2n) is 6.14. The zero-order valence-electron chi connectivity index (χ0n) is 13.1. The van der Waals surface area contributed by atoms with Crippen LogP contribution in [0.1, 0.15) is 29.8 Å². The van der Waals surface area contributed by atoms with Crippen LogP contribution in [0, 0.1) is 0 Å². The molecule has 1 N–H and O–H groups in total. The minimum absolute atomic E-state index is 0.0832. The molecule has 23 heavy (non-hydrogen) atoms. The summed E-state index contributed by atoms with van der Waals surface area (Å²) in [4.78, 5) is 12.3. The van der Waals surface area contributed by atoms with E-state index in [4.69, 9.17) is 9.47 Å². The van der Waals surface area contributed by atoms with Crippen LogP contribution >= 0.6 is 15.9 Å². The van der Waals surface area contributed by atoms with Gasteiger partial charge in [-0.1, -0.05) is 41.9 Å². The van der Waals surface area contributed by atoms with Gasteiger partial charge in [0, 0.05) is 22.0 Å². The van der Waals surface area contributed by atoms with E-state index < -0.39 is 0 Å². The van der Waals surface area contributed by atoms with Crippen LogP contribution < -0.4 is 14.8 Å². The van der Waals surface area contributed by atoms with Gasteiger partial charge in [0.25, 0.3) is 5.91 Å². The standard InChI is InChI=1S/C18H18BrNO3/c1-18(2,13-6-7-15-16(9-13)23-11-22-15)10-20-17(21)12-4-3-5-14(19)8-12/h3-9H,10-11H2,1-2H3,(H,20,21). The number of halogens is 1. The number of fused-ring (bicyclic) bond motifs is 1. The molecule has 1 aliphatic heterocycles. The zero-order valence-corrected chi connectivity index (χ0v) is 14.6. The van der Waals surface area contributed by atoms with Gasteiger partial charge in [0.05, 0.1) is 0 Å². The number of ether oxygens (including phenoxy) is 2. The van der Waals surface area contributed by atoms with Crippen molar-refractivity contribution >= 4 is 21.8 Å². The third kappa shape index (κ3) is 3.50. The third-order valence-electron chi connectivity index (χ3n) is 3.93. The summed E-state index contributed by atoms with van der Waals surface area (Å²) in [6.45, 7) is 4.97. The molecule has 2 aromatic rings. The highest BCUT2D eigenvalue weighted by Crippen LogP contribution is 2.36. The van der Waals surface area contributed by atoms with Gasteiger partial charge in [-0.05, 0) is 35.9 Å². The number of nitrogens with one attached hydrogen (secondary N) is 1. The Bertz CT molecular complexity index is 743. The average Bonchev–Trinajstić information content (AvgIpc) is 3.00. The SMILES string of the molecule is CC(C)(CNC(=O)c1cccc(Br)c1)c1ccc2c(c1)OCO2. The molecule has 5 heteroatoms. The van der Waals surface area contributed by atoms with Crippen LogP contribution in [0.25, 0.3) is 0 Å². The van der Waals surface area contributed by atoms with Crippen LogP contribution in [-0.2, 0) is 5.41 Å². The number of carbonyl (C=O) groups is 1. The van der Waals surface area contributed by atoms with E-state index in [0.29, 0.717) is 12.1 Å². The van der Waals surface area contributed by atoms with Crippen molar-refractivity contribution in [2.24, 2.45) is 0 Å². The second kappa shape index (κ2) is 6.24. The molecule has 0 radical (unpaired) electrons. The summed E-state index contributed by atoms with van der Waals surface area (Å²) in [5.74, 6) is 1.44. The molecule has 0 spiro atoms. The molecule has 0 fully saturated rings. The van der Waals surface area contributed by atoms with Crippen molar-refractivity contribution in [2.45, 2.75) is 19.3 Å². The molecule has 1 aliphatic rings. The first-order valence-corrected chi connectivity index (χ1v) is 8.19. The first-order chi connectivity index (χ1) is 11.0. The summed E-state index contributed by atoms with van der Waals surface area (Å²) in [5.41, 5.74) is 1.51. The molecule has 3 rings (SSSR count). The number of carbonyl (C=O) groups excluding carboxylic acids is 1. The molecule has 1 amide bonds. The number of amides is 1. The minimum Gasteiger partial charge on any atom is -0.454 e. The summed E-state index contributed by atoms with van der Waals surface area (Å²) in [5, 5.41) is 3.00. The smallest absolute Gasteiger partial charge is 0.251 e. The molecule has 0 saturated carbocycles. The van der Waals surface area contributed by atoms with Crippen LogP contribution in [0.3, 0.4) is 0 Å². The lowest BCUT2D eigenvalue weighted by Gasteiger charge is -2.26. The number of benzene rings is 2. The Hall–Kier alpha value is -2.01. The maximum absolute atomic E-state index is 12.3. The summed E-state index contributed by atoms with van der Waals surface area (Å²) >= 11 is 3.38. The van der Waals surface area contributed by atoms with E-state index in [0.717, 1.165) is 21.5 Å². The topological polar surface area (TPSA) is 47.6 Å². The summed E-state index contributed by atoms with van der Waals surface area (Å²) in [7, 11) is 0. The molecular weight excluding hydrogens is 358 g/mol. The van der Waals surface area contributed by atoms with Gasteiger partial charge in [0.2, 0.25) is 6.79 Å². The average molecular weight is 376 g/mol. The van der Waals surface area contributed by atoms with Crippen molar-refractivity contribution in [3.8, 4) is 11.5 Å². The van der Waals surface area contributed by atoms with Gasteiger partial charge in [0.1, 0.15) is 0 Å². The van der Waals surface area contributed by atoms with Crippen LogP contribution in [-0.4, -0.2) is 19.2 Å². The van der Waals surface area contributed by atoms with Gasteiger partial charge in [-0.2, -0.15) is 0 Å². The van der Waals surface area contributed by atoms with E-state index in [1.54, 1.807) is 6.07 Å². The fraction of sp³-hybridized carbons (Fsp3) is 0.278. The Morgan fingerprint density at radius 1 is 1.17 bits per heavy atom. The fourth-order valence-corrected chi connectivity index (χ4v) is 2.85. The Balaban J connectivity index is 1.70. The third-order valence-corrected chi connectivity index (χ3v) is 4.42. The minimum atomic E-state index is -0.220. The monoisotopic (exact) mass is 375 g/mol. The summed E-state index contributed by atoms with van der Waals surface area (Å²) in [6, 6.07) is 13.3. The van der Waals surface area contributed by atoms with Crippen LogP contribution in [0.4, 0.5) is 0 Å². The highest BCUT2D eigenvalue weighted by molar-refractivity contribution is 9.10. The van der Waals surface area contributed by atoms with Crippen molar-refractivity contribution in [3.05, 3.63) is 58.1 Å². The molecule has 0 bridgehead atoms. The number of rotatable bonds is 4. The number of hydrogen-bond donors (Lipinski definition) is 1. The van der Waals surface area contributed by atoms with Crippen LogP contribution in [0.5, 0.6) is 11.5 Å². The molecule has 0 atom stereocenters. The van der Waals surface area contributed by atoms with Crippen LogP contribution in [0.2, 0.25) is 0 Å². The van der Waals surface area contributed by atoms with Gasteiger partial charge in [-0.15, -0.1) is 0 Å². The highest BCUT2D eigenvalue weighted by Gasteiger charge is 2.24. The van der Waals surface area contributed by atoms with Crippen molar-refractivity contribution in [3.63, 3.8) is 0 Å². The quantitative estimate of drug-likeness (QED) is 0.881. The summed E-state index contributed by atoms with van der Waals surface area (Å²) in [6.07, 6.45) is 0. The van der Waals surface area contributed by atoms with Crippen molar-refractivity contribution < 1.29 is 14.3 Å². The molecule has 1 heterocycles. The van der Waals surface area contributed by atoms with Crippen LogP contribution in [0.15, 0.2) is 46.9 Å². The lowest BCUT2D eigenvalue weighted by atomic mass is 9.84. The predicted octanol–water partition coefficient (Wildman–Crippen LogP) is 3.89. The Kier molecular flexibility index (Phi) is 4.31. The first-order valence-electron chi connectivity index (χ1n) is 7.40. The lowest BCUT2D eigenvalue weighted by molar-refractivity contribution is 0.0945. The Labute approximate surface area is 143 Å². The fourth-order valence-electron chi connectivity index (χ4n) is 2.45. The van der Waals surface area contributed by atoms with Gasteiger partial charge < -0.3 is 14.8 Å². The Morgan fingerprint density at radius 2 is 1.96 bits per heavy atom.